The normalized spacial score (nSPS) is 11.4. The Balaban J connectivity index is 2.86. The van der Waals surface area contributed by atoms with E-state index in [9.17, 15) is 4.79 Å². The van der Waals surface area contributed by atoms with Crippen molar-refractivity contribution in [2.75, 3.05) is 6.54 Å². The topological polar surface area (TPSA) is 52.3 Å². The largest absolute Gasteiger partial charge is 0.456 e. The van der Waals surface area contributed by atoms with Crippen molar-refractivity contribution >= 4 is 17.6 Å². The van der Waals surface area contributed by atoms with Crippen molar-refractivity contribution in [1.82, 2.24) is 0 Å². The molecule has 1 aromatic carbocycles. The predicted octanol–water partition coefficient (Wildman–Crippen LogP) is 2.80. The minimum atomic E-state index is -0.501. The molecule has 0 spiro atoms. The molecule has 0 atom stereocenters. The molecule has 94 valence electrons. The van der Waals surface area contributed by atoms with Gasteiger partial charge in [-0.25, -0.2) is 4.79 Å². The summed E-state index contributed by atoms with van der Waals surface area (Å²) in [6.07, 6.45) is 0.702. The van der Waals surface area contributed by atoms with Crippen LogP contribution in [0.3, 0.4) is 0 Å². The molecule has 0 aromatic heterocycles. The summed E-state index contributed by atoms with van der Waals surface area (Å²) in [5.74, 6) is -0.362. The van der Waals surface area contributed by atoms with Crippen molar-refractivity contribution in [2.24, 2.45) is 5.73 Å². The molecule has 0 unspecified atom stereocenters. The van der Waals surface area contributed by atoms with Crippen LogP contribution in [0.1, 0.15) is 36.7 Å². The second-order valence-corrected chi connectivity index (χ2v) is 5.25. The van der Waals surface area contributed by atoms with Gasteiger partial charge < -0.3 is 10.5 Å². The molecule has 0 heterocycles. The average Bonchev–Trinajstić information content (AvgIpc) is 2.18. The van der Waals surface area contributed by atoms with Gasteiger partial charge in [-0.1, -0.05) is 17.7 Å². The summed E-state index contributed by atoms with van der Waals surface area (Å²) in [7, 11) is 0. The van der Waals surface area contributed by atoms with Crippen LogP contribution < -0.4 is 5.73 Å². The van der Waals surface area contributed by atoms with E-state index in [1.165, 1.54) is 0 Å². The van der Waals surface area contributed by atoms with E-state index >= 15 is 0 Å². The fraction of sp³-hybridized carbons (Fsp3) is 0.462. The van der Waals surface area contributed by atoms with Gasteiger partial charge >= 0.3 is 5.97 Å². The van der Waals surface area contributed by atoms with Crippen molar-refractivity contribution in [1.29, 1.82) is 0 Å². The number of benzene rings is 1. The average molecular weight is 256 g/mol. The van der Waals surface area contributed by atoms with Crippen LogP contribution in [0.4, 0.5) is 0 Å². The quantitative estimate of drug-likeness (QED) is 0.845. The lowest BCUT2D eigenvalue weighted by molar-refractivity contribution is 0.00695. The minimum Gasteiger partial charge on any atom is -0.456 e. The number of carbonyl (C=O) groups is 1. The predicted molar refractivity (Wildman–Crippen MR) is 69.4 cm³/mol. The van der Waals surface area contributed by atoms with Crippen LogP contribution in [0, 0.1) is 0 Å². The van der Waals surface area contributed by atoms with E-state index in [-0.39, 0.29) is 5.97 Å². The third-order valence-electron chi connectivity index (χ3n) is 2.10. The lowest BCUT2D eigenvalue weighted by atomic mass is 10.1. The number of hydrogen-bond donors (Lipinski definition) is 1. The number of nitrogens with two attached hydrogens (primary N) is 1. The number of carbonyl (C=O) groups excluding carboxylic acids is 1. The summed E-state index contributed by atoms with van der Waals surface area (Å²) < 4.78 is 5.26. The molecular formula is C13H18ClNO2. The molecule has 3 nitrogen and oxygen atoms in total. The smallest absolute Gasteiger partial charge is 0.338 e. The monoisotopic (exact) mass is 255 g/mol. The van der Waals surface area contributed by atoms with Gasteiger partial charge in [-0.3, -0.25) is 0 Å². The molecule has 0 aliphatic rings. The molecule has 0 aliphatic heterocycles. The number of hydrogen-bond acceptors (Lipinski definition) is 3. The zero-order valence-corrected chi connectivity index (χ0v) is 11.2. The van der Waals surface area contributed by atoms with Crippen LogP contribution in [0.5, 0.6) is 0 Å². The van der Waals surface area contributed by atoms with E-state index in [2.05, 4.69) is 0 Å². The molecule has 0 saturated heterocycles. The SMILES string of the molecule is CC(C)(C)OC(=O)c1ccc(CCN)c(Cl)c1. The van der Waals surface area contributed by atoms with Gasteiger partial charge in [0.1, 0.15) is 5.60 Å². The molecule has 0 bridgehead atoms. The van der Waals surface area contributed by atoms with Gasteiger partial charge in [-0.15, -0.1) is 0 Å². The second kappa shape index (κ2) is 5.52. The van der Waals surface area contributed by atoms with E-state index in [1.807, 2.05) is 26.8 Å². The van der Waals surface area contributed by atoms with Gasteiger partial charge in [0.05, 0.1) is 5.56 Å². The van der Waals surface area contributed by atoms with E-state index in [4.69, 9.17) is 22.1 Å². The maximum absolute atomic E-state index is 11.8. The van der Waals surface area contributed by atoms with Gasteiger partial charge in [0.25, 0.3) is 0 Å². The summed E-state index contributed by atoms with van der Waals surface area (Å²) in [6, 6.07) is 5.15. The Hall–Kier alpha value is -1.06. The van der Waals surface area contributed by atoms with Crippen LogP contribution in [0.15, 0.2) is 18.2 Å². The van der Waals surface area contributed by atoms with Gasteiger partial charge in [-0.2, -0.15) is 0 Å². The molecule has 0 radical (unpaired) electrons. The Kier molecular flexibility index (Phi) is 4.54. The Morgan fingerprint density at radius 1 is 1.41 bits per heavy atom. The van der Waals surface area contributed by atoms with Crippen LogP contribution in [0.25, 0.3) is 0 Å². The van der Waals surface area contributed by atoms with Gasteiger partial charge in [0.15, 0.2) is 0 Å². The van der Waals surface area contributed by atoms with Crippen molar-refractivity contribution < 1.29 is 9.53 Å². The van der Waals surface area contributed by atoms with Crippen molar-refractivity contribution in [3.05, 3.63) is 34.3 Å². The zero-order valence-electron chi connectivity index (χ0n) is 10.4. The Bertz CT molecular complexity index is 410. The first-order valence-corrected chi connectivity index (χ1v) is 5.93. The molecule has 1 rings (SSSR count). The summed E-state index contributed by atoms with van der Waals surface area (Å²) in [5, 5.41) is 0.554. The highest BCUT2D eigenvalue weighted by Crippen LogP contribution is 2.20. The Labute approximate surface area is 107 Å². The Morgan fingerprint density at radius 2 is 2.06 bits per heavy atom. The van der Waals surface area contributed by atoms with Crippen molar-refractivity contribution in [3.63, 3.8) is 0 Å². The summed E-state index contributed by atoms with van der Waals surface area (Å²) >= 11 is 6.06. The number of ether oxygens (including phenoxy) is 1. The lowest BCUT2D eigenvalue weighted by Gasteiger charge is -2.19. The minimum absolute atomic E-state index is 0.362. The molecule has 17 heavy (non-hydrogen) atoms. The molecule has 0 aliphatic carbocycles. The Morgan fingerprint density at radius 3 is 2.53 bits per heavy atom. The third kappa shape index (κ3) is 4.36. The first-order chi connectivity index (χ1) is 7.83. The standard InChI is InChI=1S/C13H18ClNO2/c1-13(2,3)17-12(16)10-5-4-9(6-7-15)11(14)8-10/h4-5,8H,6-7,15H2,1-3H3. The third-order valence-corrected chi connectivity index (χ3v) is 2.45. The molecule has 0 amide bonds. The molecule has 0 fully saturated rings. The number of esters is 1. The maximum atomic E-state index is 11.8. The van der Waals surface area contributed by atoms with E-state index < -0.39 is 5.60 Å². The molecule has 0 saturated carbocycles. The highest BCUT2D eigenvalue weighted by atomic mass is 35.5. The highest BCUT2D eigenvalue weighted by Gasteiger charge is 2.18. The maximum Gasteiger partial charge on any atom is 0.338 e. The van der Waals surface area contributed by atoms with Crippen LogP contribution in [0.2, 0.25) is 5.02 Å². The molecule has 2 N–H and O–H groups in total. The summed E-state index contributed by atoms with van der Waals surface area (Å²) in [6.45, 7) is 6.02. The second-order valence-electron chi connectivity index (χ2n) is 4.85. The zero-order chi connectivity index (χ0) is 13.1. The van der Waals surface area contributed by atoms with Crippen LogP contribution >= 0.6 is 11.6 Å². The molecular weight excluding hydrogens is 238 g/mol. The van der Waals surface area contributed by atoms with E-state index in [0.717, 1.165) is 5.56 Å². The summed E-state index contributed by atoms with van der Waals surface area (Å²) in [5.41, 5.74) is 6.37. The van der Waals surface area contributed by atoms with Crippen LogP contribution in [-0.2, 0) is 11.2 Å². The van der Waals surface area contributed by atoms with Crippen molar-refractivity contribution in [2.45, 2.75) is 32.8 Å². The summed E-state index contributed by atoms with van der Waals surface area (Å²) in [4.78, 5) is 11.8. The van der Waals surface area contributed by atoms with Gasteiger partial charge in [0.2, 0.25) is 0 Å². The highest BCUT2D eigenvalue weighted by molar-refractivity contribution is 6.31. The van der Waals surface area contributed by atoms with E-state index in [1.54, 1.807) is 12.1 Å². The first kappa shape index (κ1) is 14.0. The molecule has 4 heteroatoms. The molecule has 1 aromatic rings. The first-order valence-electron chi connectivity index (χ1n) is 5.55. The lowest BCUT2D eigenvalue weighted by Crippen LogP contribution is -2.23. The fourth-order valence-corrected chi connectivity index (χ4v) is 1.64. The van der Waals surface area contributed by atoms with Crippen molar-refractivity contribution in [3.8, 4) is 0 Å². The van der Waals surface area contributed by atoms with Gasteiger partial charge in [0, 0.05) is 5.02 Å². The van der Waals surface area contributed by atoms with E-state index in [0.29, 0.717) is 23.6 Å². The fourth-order valence-electron chi connectivity index (χ4n) is 1.37. The number of halogens is 1. The van der Waals surface area contributed by atoms with Crippen LogP contribution in [-0.4, -0.2) is 18.1 Å². The van der Waals surface area contributed by atoms with Gasteiger partial charge in [-0.05, 0) is 51.4 Å². The number of rotatable bonds is 3.